The highest BCUT2D eigenvalue weighted by molar-refractivity contribution is 7.86. The molecule has 0 saturated heterocycles. The summed E-state index contributed by atoms with van der Waals surface area (Å²) in [5.74, 6) is -0.379. The third kappa shape index (κ3) is 4.57. The van der Waals surface area contributed by atoms with Gasteiger partial charge in [-0.1, -0.05) is 27.7 Å². The molecule has 1 unspecified atom stereocenters. The molecule has 0 aliphatic carbocycles. The molecule has 0 aromatic carbocycles. The summed E-state index contributed by atoms with van der Waals surface area (Å²) in [4.78, 5) is 0. The van der Waals surface area contributed by atoms with Gasteiger partial charge in [-0.15, -0.1) is 3.89 Å². The van der Waals surface area contributed by atoms with Crippen LogP contribution in [0.1, 0.15) is 27.7 Å². The molecule has 0 amide bonds. The van der Waals surface area contributed by atoms with E-state index >= 15 is 0 Å². The first-order chi connectivity index (χ1) is 5.56. The van der Waals surface area contributed by atoms with Crippen molar-refractivity contribution in [1.29, 1.82) is 0 Å². The fourth-order valence-electron chi connectivity index (χ4n) is 1.44. The minimum atomic E-state index is -4.44. The van der Waals surface area contributed by atoms with Gasteiger partial charge in [-0.2, -0.15) is 8.42 Å². The third-order valence-corrected chi connectivity index (χ3v) is 3.25. The zero-order valence-electron chi connectivity index (χ0n) is 8.54. The molecule has 0 radical (unpaired) electrons. The molecule has 0 aromatic rings. The predicted octanol–water partition coefficient (Wildman–Crippen LogP) is 1.30. The number of halogens is 1. The molecule has 0 saturated carbocycles. The van der Waals surface area contributed by atoms with E-state index in [9.17, 15) is 12.3 Å². The summed E-state index contributed by atoms with van der Waals surface area (Å²) < 4.78 is 33.3. The van der Waals surface area contributed by atoms with Gasteiger partial charge in [-0.25, -0.2) is 0 Å². The van der Waals surface area contributed by atoms with Crippen LogP contribution in [0, 0.1) is 11.3 Å². The van der Waals surface area contributed by atoms with Gasteiger partial charge in [0.1, 0.15) is 0 Å². The molecule has 2 N–H and O–H groups in total. The van der Waals surface area contributed by atoms with Gasteiger partial charge in [0.15, 0.2) is 0 Å². The van der Waals surface area contributed by atoms with Crippen molar-refractivity contribution in [2.45, 2.75) is 33.7 Å². The van der Waals surface area contributed by atoms with E-state index in [1.807, 2.05) is 13.8 Å². The molecule has 3 nitrogen and oxygen atoms in total. The van der Waals surface area contributed by atoms with Gasteiger partial charge in [-0.3, -0.25) is 0 Å². The lowest BCUT2D eigenvalue weighted by Crippen LogP contribution is -2.45. The maximum atomic E-state index is 12.4. The summed E-state index contributed by atoms with van der Waals surface area (Å²) in [5, 5.41) is 0. The van der Waals surface area contributed by atoms with Gasteiger partial charge in [0.2, 0.25) is 0 Å². The summed E-state index contributed by atoms with van der Waals surface area (Å²) in [5.41, 5.74) is 5.05. The van der Waals surface area contributed by atoms with Gasteiger partial charge in [0.05, 0.1) is 5.75 Å². The second-order valence-electron chi connectivity index (χ2n) is 4.44. The second kappa shape index (κ2) is 3.92. The lowest BCUT2D eigenvalue weighted by molar-refractivity contribution is 0.260. The van der Waals surface area contributed by atoms with Crippen LogP contribution in [0.15, 0.2) is 0 Å². The van der Waals surface area contributed by atoms with Crippen LogP contribution >= 0.6 is 0 Å². The van der Waals surface area contributed by atoms with Crippen molar-refractivity contribution in [2.24, 2.45) is 17.1 Å². The van der Waals surface area contributed by atoms with Crippen LogP contribution in [0.4, 0.5) is 3.89 Å². The Labute approximate surface area is 79.7 Å². The minimum Gasteiger partial charge on any atom is -0.327 e. The molecule has 0 spiro atoms. The Bertz CT molecular complexity index is 259. The van der Waals surface area contributed by atoms with Crippen molar-refractivity contribution >= 4 is 10.2 Å². The Hall–Kier alpha value is -0.160. The number of hydrogen-bond donors (Lipinski definition) is 1. The van der Waals surface area contributed by atoms with Crippen LogP contribution in [-0.4, -0.2) is 20.2 Å². The average Bonchev–Trinajstić information content (AvgIpc) is 1.80. The quantitative estimate of drug-likeness (QED) is 0.713. The van der Waals surface area contributed by atoms with E-state index in [0.717, 1.165) is 0 Å². The predicted molar refractivity (Wildman–Crippen MR) is 51.5 cm³/mol. The number of hydrogen-bond acceptors (Lipinski definition) is 3. The molecule has 0 rings (SSSR count). The molecule has 5 heteroatoms. The van der Waals surface area contributed by atoms with E-state index in [-0.39, 0.29) is 12.0 Å². The molecule has 0 aliphatic heterocycles. The maximum absolute atomic E-state index is 12.4. The van der Waals surface area contributed by atoms with Crippen LogP contribution in [0.5, 0.6) is 0 Å². The van der Waals surface area contributed by atoms with Crippen LogP contribution in [0.2, 0.25) is 0 Å². The molecule has 0 fully saturated rings. The smallest absolute Gasteiger partial charge is 0.302 e. The standard InChI is InChI=1S/C8H18FNO2S/c1-6(2)7(10)8(3,4)5-13(9,11)12/h6-7H,5,10H2,1-4H3. The summed E-state index contributed by atoms with van der Waals surface area (Å²) in [6, 6.07) is -0.321. The average molecular weight is 211 g/mol. The van der Waals surface area contributed by atoms with Crippen molar-refractivity contribution in [3.63, 3.8) is 0 Å². The van der Waals surface area contributed by atoms with Crippen LogP contribution < -0.4 is 5.73 Å². The first-order valence-electron chi connectivity index (χ1n) is 4.24. The second-order valence-corrected chi connectivity index (χ2v) is 5.81. The third-order valence-electron chi connectivity index (χ3n) is 2.17. The number of nitrogens with two attached hydrogens (primary N) is 1. The first kappa shape index (κ1) is 12.8. The molecule has 0 bridgehead atoms. The van der Waals surface area contributed by atoms with Crippen LogP contribution in [0.3, 0.4) is 0 Å². The Balaban J connectivity index is 4.58. The highest BCUT2D eigenvalue weighted by Gasteiger charge is 2.33. The first-order valence-corrected chi connectivity index (χ1v) is 5.79. The van der Waals surface area contributed by atoms with Crippen LogP contribution in [0.25, 0.3) is 0 Å². The lowest BCUT2D eigenvalue weighted by atomic mass is 9.81. The SMILES string of the molecule is CC(C)C(N)C(C)(C)CS(=O)(=O)F. The van der Waals surface area contributed by atoms with E-state index in [4.69, 9.17) is 5.73 Å². The fourth-order valence-corrected chi connectivity index (χ4v) is 2.52. The minimum absolute atomic E-state index is 0.136. The van der Waals surface area contributed by atoms with Crippen molar-refractivity contribution in [1.82, 2.24) is 0 Å². The zero-order chi connectivity index (χ0) is 10.9. The van der Waals surface area contributed by atoms with E-state index in [0.29, 0.717) is 0 Å². The van der Waals surface area contributed by atoms with Crippen molar-refractivity contribution in [3.05, 3.63) is 0 Å². The highest BCUT2D eigenvalue weighted by Crippen LogP contribution is 2.26. The molecular weight excluding hydrogens is 193 g/mol. The van der Waals surface area contributed by atoms with Gasteiger partial charge in [0.25, 0.3) is 0 Å². The number of rotatable bonds is 4. The molecule has 0 aromatic heterocycles. The Morgan fingerprint density at radius 2 is 1.77 bits per heavy atom. The Morgan fingerprint density at radius 3 is 2.00 bits per heavy atom. The van der Waals surface area contributed by atoms with Crippen molar-refractivity contribution < 1.29 is 12.3 Å². The van der Waals surface area contributed by atoms with Crippen molar-refractivity contribution in [3.8, 4) is 0 Å². The molecule has 1 atom stereocenters. The molecule has 0 heterocycles. The maximum Gasteiger partial charge on any atom is 0.302 e. The van der Waals surface area contributed by atoms with Gasteiger partial charge >= 0.3 is 10.2 Å². The van der Waals surface area contributed by atoms with Gasteiger partial charge in [-0.05, 0) is 11.3 Å². The van der Waals surface area contributed by atoms with Gasteiger partial charge in [0, 0.05) is 6.04 Å². The van der Waals surface area contributed by atoms with E-state index in [1.54, 1.807) is 13.8 Å². The normalized spacial score (nSPS) is 16.2. The topological polar surface area (TPSA) is 60.2 Å². The molecule has 0 aliphatic rings. The molecular formula is C8H18FNO2S. The monoisotopic (exact) mass is 211 g/mol. The zero-order valence-corrected chi connectivity index (χ0v) is 9.36. The summed E-state index contributed by atoms with van der Waals surface area (Å²) in [7, 11) is -4.44. The summed E-state index contributed by atoms with van der Waals surface area (Å²) >= 11 is 0. The van der Waals surface area contributed by atoms with E-state index in [2.05, 4.69) is 0 Å². The van der Waals surface area contributed by atoms with E-state index < -0.39 is 21.4 Å². The van der Waals surface area contributed by atoms with Gasteiger partial charge < -0.3 is 5.73 Å². The summed E-state index contributed by atoms with van der Waals surface area (Å²) in [6.07, 6.45) is 0. The largest absolute Gasteiger partial charge is 0.327 e. The summed E-state index contributed by atoms with van der Waals surface area (Å²) in [6.45, 7) is 7.10. The fraction of sp³-hybridized carbons (Fsp3) is 1.00. The highest BCUT2D eigenvalue weighted by atomic mass is 32.3. The Morgan fingerprint density at radius 1 is 1.38 bits per heavy atom. The Kier molecular flexibility index (Phi) is 3.87. The molecule has 80 valence electrons. The molecule has 13 heavy (non-hydrogen) atoms. The van der Waals surface area contributed by atoms with E-state index in [1.165, 1.54) is 0 Å². The lowest BCUT2D eigenvalue weighted by Gasteiger charge is -2.32. The van der Waals surface area contributed by atoms with Crippen molar-refractivity contribution in [2.75, 3.05) is 5.75 Å². The van der Waals surface area contributed by atoms with Crippen LogP contribution in [-0.2, 0) is 10.2 Å².